The van der Waals surface area contributed by atoms with E-state index in [0.717, 1.165) is 32.0 Å². The van der Waals surface area contributed by atoms with Gasteiger partial charge in [-0.1, -0.05) is 12.1 Å². The van der Waals surface area contributed by atoms with Gasteiger partial charge in [-0.25, -0.2) is 4.98 Å². The molecule has 0 saturated carbocycles. The lowest BCUT2D eigenvalue weighted by molar-refractivity contribution is -0.118. The Balaban J connectivity index is 1.52. The number of nitrogens with one attached hydrogen (secondary N) is 1. The average Bonchev–Trinajstić information content (AvgIpc) is 2.68. The lowest BCUT2D eigenvalue weighted by atomic mass is 10.3. The molecule has 0 aliphatic carbocycles. The number of aromatic nitrogens is 1. The number of hydrogen-bond acceptors (Lipinski definition) is 6. The molecule has 1 saturated heterocycles. The average molecular weight is 343 g/mol. The van der Waals surface area contributed by atoms with Crippen molar-refractivity contribution in [2.45, 2.75) is 0 Å². The topological polar surface area (TPSA) is 72.9 Å². The van der Waals surface area contributed by atoms with E-state index < -0.39 is 0 Å². The number of pyridine rings is 1. The third-order valence-corrected chi connectivity index (χ3v) is 3.82. The number of rotatable bonds is 6. The Labute approximate surface area is 146 Å². The summed E-state index contributed by atoms with van der Waals surface area (Å²) >= 11 is 0. The highest BCUT2D eigenvalue weighted by molar-refractivity contribution is 5.91. The molecule has 0 unspecified atom stereocenters. The van der Waals surface area contributed by atoms with E-state index >= 15 is 0 Å². The normalized spacial score (nSPS) is 14.0. The van der Waals surface area contributed by atoms with Crippen LogP contribution in [0.4, 0.5) is 11.5 Å². The van der Waals surface area contributed by atoms with Crippen LogP contribution in [-0.2, 0) is 9.53 Å². The first-order chi connectivity index (χ1) is 12.3. The summed E-state index contributed by atoms with van der Waals surface area (Å²) in [7, 11) is 1.56. The second-order valence-electron chi connectivity index (χ2n) is 5.49. The second kappa shape index (κ2) is 8.34. The van der Waals surface area contributed by atoms with Gasteiger partial charge in [0.15, 0.2) is 18.1 Å². The summed E-state index contributed by atoms with van der Waals surface area (Å²) < 4.78 is 16.0. The maximum atomic E-state index is 12.0. The third kappa shape index (κ3) is 4.60. The van der Waals surface area contributed by atoms with Crippen LogP contribution in [-0.4, -0.2) is 50.9 Å². The molecule has 1 aromatic heterocycles. The standard InChI is InChI=1S/C18H21N3O4/c1-23-15-4-2-3-5-16(15)25-13-18(22)20-17-7-6-14(12-19-17)21-8-10-24-11-9-21/h2-7,12H,8-11,13H2,1H3,(H,19,20,22). The lowest BCUT2D eigenvalue weighted by Gasteiger charge is -2.28. The first kappa shape index (κ1) is 17.0. The zero-order valence-electron chi connectivity index (χ0n) is 14.1. The number of nitrogens with zero attached hydrogens (tertiary/aromatic N) is 2. The number of benzene rings is 1. The number of morpholine rings is 1. The van der Waals surface area contributed by atoms with Gasteiger partial charge in [0.25, 0.3) is 5.91 Å². The van der Waals surface area contributed by atoms with Crippen LogP contribution in [0, 0.1) is 0 Å². The molecule has 1 aromatic carbocycles. The summed E-state index contributed by atoms with van der Waals surface area (Å²) in [6.07, 6.45) is 1.75. The van der Waals surface area contributed by atoms with Crippen molar-refractivity contribution in [1.29, 1.82) is 0 Å². The number of carbonyl (C=O) groups excluding carboxylic acids is 1. The van der Waals surface area contributed by atoms with Gasteiger partial charge in [-0.05, 0) is 24.3 Å². The van der Waals surface area contributed by atoms with Crippen molar-refractivity contribution < 1.29 is 19.0 Å². The molecule has 1 aliphatic heterocycles. The molecule has 1 amide bonds. The minimum Gasteiger partial charge on any atom is -0.493 e. The predicted octanol–water partition coefficient (Wildman–Crippen LogP) is 1.94. The smallest absolute Gasteiger partial charge is 0.263 e. The van der Waals surface area contributed by atoms with Crippen LogP contribution >= 0.6 is 0 Å². The summed E-state index contributed by atoms with van der Waals surface area (Å²) in [5.41, 5.74) is 1.02. The van der Waals surface area contributed by atoms with Crippen LogP contribution in [0.15, 0.2) is 42.6 Å². The van der Waals surface area contributed by atoms with Crippen LogP contribution in [0.3, 0.4) is 0 Å². The fourth-order valence-electron chi connectivity index (χ4n) is 2.53. The highest BCUT2D eigenvalue weighted by Crippen LogP contribution is 2.25. The van der Waals surface area contributed by atoms with Gasteiger partial charge < -0.3 is 24.4 Å². The summed E-state index contributed by atoms with van der Waals surface area (Å²) in [6.45, 7) is 3.02. The van der Waals surface area contributed by atoms with Gasteiger partial charge >= 0.3 is 0 Å². The molecule has 1 aliphatic rings. The molecule has 7 nitrogen and oxygen atoms in total. The van der Waals surface area contributed by atoms with Crippen LogP contribution in [0.25, 0.3) is 0 Å². The van der Waals surface area contributed by atoms with Gasteiger partial charge in [-0.3, -0.25) is 4.79 Å². The molecule has 25 heavy (non-hydrogen) atoms. The molecule has 1 fully saturated rings. The number of amides is 1. The highest BCUT2D eigenvalue weighted by atomic mass is 16.5. The van der Waals surface area contributed by atoms with E-state index in [2.05, 4.69) is 15.2 Å². The van der Waals surface area contributed by atoms with E-state index in [0.29, 0.717) is 17.3 Å². The molecule has 3 rings (SSSR count). The minimum atomic E-state index is -0.280. The maximum Gasteiger partial charge on any atom is 0.263 e. The van der Waals surface area contributed by atoms with Gasteiger partial charge in [-0.2, -0.15) is 0 Å². The zero-order valence-corrected chi connectivity index (χ0v) is 14.1. The van der Waals surface area contributed by atoms with E-state index in [1.54, 1.807) is 31.5 Å². The van der Waals surface area contributed by atoms with Crippen LogP contribution in [0.2, 0.25) is 0 Å². The van der Waals surface area contributed by atoms with E-state index in [9.17, 15) is 4.79 Å². The number of carbonyl (C=O) groups is 1. The van der Waals surface area contributed by atoms with Crippen molar-refractivity contribution in [3.63, 3.8) is 0 Å². The number of para-hydroxylation sites is 2. The third-order valence-electron chi connectivity index (χ3n) is 3.82. The van der Waals surface area contributed by atoms with Crippen molar-refractivity contribution in [2.24, 2.45) is 0 Å². The molecule has 0 spiro atoms. The van der Waals surface area contributed by atoms with Crippen LogP contribution in [0.1, 0.15) is 0 Å². The number of ether oxygens (including phenoxy) is 3. The first-order valence-electron chi connectivity index (χ1n) is 8.10. The molecular weight excluding hydrogens is 322 g/mol. The fraction of sp³-hybridized carbons (Fsp3) is 0.333. The van der Waals surface area contributed by atoms with E-state index in [4.69, 9.17) is 14.2 Å². The van der Waals surface area contributed by atoms with Crippen molar-refractivity contribution in [1.82, 2.24) is 4.98 Å². The summed E-state index contributed by atoms with van der Waals surface area (Å²) in [5, 5.41) is 2.72. The fourth-order valence-corrected chi connectivity index (χ4v) is 2.53. The monoisotopic (exact) mass is 343 g/mol. The van der Waals surface area contributed by atoms with Gasteiger partial charge in [0, 0.05) is 13.1 Å². The van der Waals surface area contributed by atoms with E-state index in [-0.39, 0.29) is 12.5 Å². The largest absolute Gasteiger partial charge is 0.493 e. The van der Waals surface area contributed by atoms with Crippen molar-refractivity contribution in [3.05, 3.63) is 42.6 Å². The molecule has 7 heteroatoms. The Morgan fingerprint density at radius 1 is 1.20 bits per heavy atom. The zero-order chi connectivity index (χ0) is 17.5. The van der Waals surface area contributed by atoms with Gasteiger partial charge in [0.05, 0.1) is 32.2 Å². The molecule has 0 radical (unpaired) electrons. The molecular formula is C18H21N3O4. The first-order valence-corrected chi connectivity index (χ1v) is 8.10. The Morgan fingerprint density at radius 3 is 2.64 bits per heavy atom. The summed E-state index contributed by atoms with van der Waals surface area (Å²) in [5.74, 6) is 1.32. The predicted molar refractivity (Wildman–Crippen MR) is 94.4 cm³/mol. The van der Waals surface area contributed by atoms with E-state index in [1.807, 2.05) is 18.2 Å². The minimum absolute atomic E-state index is 0.118. The Morgan fingerprint density at radius 2 is 1.96 bits per heavy atom. The quantitative estimate of drug-likeness (QED) is 0.864. The lowest BCUT2D eigenvalue weighted by Crippen LogP contribution is -2.36. The maximum absolute atomic E-state index is 12.0. The highest BCUT2D eigenvalue weighted by Gasteiger charge is 2.12. The van der Waals surface area contributed by atoms with Gasteiger partial charge in [-0.15, -0.1) is 0 Å². The molecule has 0 atom stereocenters. The Bertz CT molecular complexity index is 700. The summed E-state index contributed by atoms with van der Waals surface area (Å²) in [4.78, 5) is 18.5. The Kier molecular flexibility index (Phi) is 5.69. The molecule has 2 aromatic rings. The molecule has 2 heterocycles. The van der Waals surface area contributed by atoms with Gasteiger partial charge in [0.2, 0.25) is 0 Å². The van der Waals surface area contributed by atoms with Crippen LogP contribution < -0.4 is 19.7 Å². The number of anilines is 2. The van der Waals surface area contributed by atoms with Crippen molar-refractivity contribution in [3.8, 4) is 11.5 Å². The molecule has 1 N–H and O–H groups in total. The SMILES string of the molecule is COc1ccccc1OCC(=O)Nc1ccc(N2CCOCC2)cn1. The van der Waals surface area contributed by atoms with Gasteiger partial charge in [0.1, 0.15) is 5.82 Å². The number of hydrogen-bond donors (Lipinski definition) is 1. The Hall–Kier alpha value is -2.80. The molecule has 132 valence electrons. The van der Waals surface area contributed by atoms with Crippen molar-refractivity contribution in [2.75, 3.05) is 50.2 Å². The van der Waals surface area contributed by atoms with Crippen molar-refractivity contribution >= 4 is 17.4 Å². The van der Waals surface area contributed by atoms with E-state index in [1.165, 1.54) is 0 Å². The molecule has 0 bridgehead atoms. The number of methoxy groups -OCH3 is 1. The summed E-state index contributed by atoms with van der Waals surface area (Å²) in [6, 6.07) is 10.9. The van der Waals surface area contributed by atoms with Crippen LogP contribution in [0.5, 0.6) is 11.5 Å². The second-order valence-corrected chi connectivity index (χ2v) is 5.49.